The molecular weight excluding hydrogens is 324 g/mol. The van der Waals surface area contributed by atoms with E-state index in [0.717, 1.165) is 16.5 Å². The van der Waals surface area contributed by atoms with Gasteiger partial charge in [0.2, 0.25) is 5.91 Å². The van der Waals surface area contributed by atoms with Crippen LogP contribution in [0, 0.1) is 6.92 Å². The summed E-state index contributed by atoms with van der Waals surface area (Å²) in [4.78, 5) is 22.8. The molecule has 0 spiro atoms. The average Bonchev–Trinajstić information content (AvgIpc) is 2.41. The van der Waals surface area contributed by atoms with Crippen LogP contribution in [0.25, 0.3) is 0 Å². The van der Waals surface area contributed by atoms with E-state index in [4.69, 9.17) is 4.74 Å². The van der Waals surface area contributed by atoms with E-state index in [-0.39, 0.29) is 25.0 Å². The minimum atomic E-state index is -0.330. The largest absolute Gasteiger partial charge is 0.483 e. The van der Waals surface area contributed by atoms with Gasteiger partial charge in [0.15, 0.2) is 6.61 Å². The van der Waals surface area contributed by atoms with E-state index in [0.29, 0.717) is 12.3 Å². The summed E-state index contributed by atoms with van der Waals surface area (Å²) < 4.78 is 6.17. The first-order valence-corrected chi connectivity index (χ1v) is 7.24. The Morgan fingerprint density at radius 1 is 1.25 bits per heavy atom. The van der Waals surface area contributed by atoms with Gasteiger partial charge in [-0.25, -0.2) is 0 Å². The zero-order chi connectivity index (χ0) is 15.0. The second kappa shape index (κ2) is 8.58. The van der Waals surface area contributed by atoms with Crippen LogP contribution in [0.1, 0.15) is 18.9 Å². The van der Waals surface area contributed by atoms with Gasteiger partial charge >= 0.3 is 0 Å². The van der Waals surface area contributed by atoms with E-state index < -0.39 is 0 Å². The van der Waals surface area contributed by atoms with E-state index in [1.807, 2.05) is 26.0 Å². The van der Waals surface area contributed by atoms with Crippen molar-refractivity contribution < 1.29 is 14.3 Å². The Hall–Kier alpha value is -1.56. The molecule has 0 aliphatic carbocycles. The van der Waals surface area contributed by atoms with Crippen LogP contribution in [0.2, 0.25) is 0 Å². The highest BCUT2D eigenvalue weighted by molar-refractivity contribution is 9.10. The highest BCUT2D eigenvalue weighted by Gasteiger charge is 2.07. The zero-order valence-electron chi connectivity index (χ0n) is 11.7. The van der Waals surface area contributed by atoms with Crippen LogP contribution < -0.4 is 15.4 Å². The molecule has 20 heavy (non-hydrogen) atoms. The first-order chi connectivity index (χ1) is 9.52. The van der Waals surface area contributed by atoms with E-state index in [9.17, 15) is 9.59 Å². The second-order valence-corrected chi connectivity index (χ2v) is 5.20. The van der Waals surface area contributed by atoms with Gasteiger partial charge in [0.05, 0.1) is 11.0 Å². The number of benzene rings is 1. The number of amides is 2. The fourth-order valence-electron chi connectivity index (χ4n) is 1.42. The Labute approximate surface area is 127 Å². The minimum Gasteiger partial charge on any atom is -0.483 e. The number of carbonyl (C=O) groups is 2. The van der Waals surface area contributed by atoms with Gasteiger partial charge in [-0.1, -0.05) is 13.0 Å². The van der Waals surface area contributed by atoms with Crippen molar-refractivity contribution in [2.24, 2.45) is 0 Å². The number of ether oxygens (including phenoxy) is 1. The molecule has 0 saturated carbocycles. The molecule has 2 amide bonds. The Morgan fingerprint density at radius 3 is 2.65 bits per heavy atom. The lowest BCUT2D eigenvalue weighted by molar-refractivity contribution is -0.127. The summed E-state index contributed by atoms with van der Waals surface area (Å²) in [6.07, 6.45) is 0.865. The maximum Gasteiger partial charge on any atom is 0.258 e. The second-order valence-electron chi connectivity index (χ2n) is 4.35. The van der Waals surface area contributed by atoms with Crippen LogP contribution >= 0.6 is 15.9 Å². The zero-order valence-corrected chi connectivity index (χ0v) is 13.2. The highest BCUT2D eigenvalue weighted by atomic mass is 79.9. The molecule has 1 aromatic carbocycles. The number of rotatable bonds is 7. The number of hydrogen-bond donors (Lipinski definition) is 2. The third kappa shape index (κ3) is 6.06. The number of hydrogen-bond acceptors (Lipinski definition) is 3. The third-order valence-corrected chi connectivity index (χ3v) is 3.08. The topological polar surface area (TPSA) is 67.4 Å². The molecule has 2 N–H and O–H groups in total. The molecule has 1 rings (SSSR count). The van der Waals surface area contributed by atoms with Crippen LogP contribution in [0.15, 0.2) is 22.7 Å². The van der Waals surface area contributed by atoms with E-state index in [2.05, 4.69) is 26.6 Å². The van der Waals surface area contributed by atoms with Gasteiger partial charge < -0.3 is 15.4 Å². The number of carbonyl (C=O) groups excluding carboxylic acids is 2. The van der Waals surface area contributed by atoms with Crippen LogP contribution in [0.3, 0.4) is 0 Å². The van der Waals surface area contributed by atoms with Crippen molar-refractivity contribution in [1.29, 1.82) is 0 Å². The van der Waals surface area contributed by atoms with Gasteiger partial charge in [0.25, 0.3) is 5.91 Å². The lowest BCUT2D eigenvalue weighted by Gasteiger charge is -2.09. The van der Waals surface area contributed by atoms with Crippen molar-refractivity contribution in [1.82, 2.24) is 10.6 Å². The minimum absolute atomic E-state index is 0.0305. The molecule has 0 heterocycles. The Bertz CT molecular complexity index is 477. The van der Waals surface area contributed by atoms with Crippen LogP contribution in [0.5, 0.6) is 5.75 Å². The molecule has 0 fully saturated rings. The van der Waals surface area contributed by atoms with E-state index in [1.54, 1.807) is 6.07 Å². The smallest absolute Gasteiger partial charge is 0.258 e. The summed E-state index contributed by atoms with van der Waals surface area (Å²) >= 11 is 3.37. The van der Waals surface area contributed by atoms with Gasteiger partial charge in [-0.15, -0.1) is 0 Å². The number of nitrogens with one attached hydrogen (secondary N) is 2. The van der Waals surface area contributed by atoms with Crippen LogP contribution in [0.4, 0.5) is 0 Å². The molecule has 0 radical (unpaired) electrons. The van der Waals surface area contributed by atoms with Crippen molar-refractivity contribution in [2.45, 2.75) is 20.3 Å². The molecule has 6 heteroatoms. The molecule has 5 nitrogen and oxygen atoms in total. The van der Waals surface area contributed by atoms with Crippen LogP contribution in [-0.4, -0.2) is 31.5 Å². The summed E-state index contributed by atoms with van der Waals surface area (Å²) in [5, 5.41) is 5.18. The maximum absolute atomic E-state index is 11.5. The average molecular weight is 343 g/mol. The van der Waals surface area contributed by atoms with Gasteiger partial charge in [0.1, 0.15) is 5.75 Å². The highest BCUT2D eigenvalue weighted by Crippen LogP contribution is 2.25. The molecular formula is C14H19BrN2O3. The monoisotopic (exact) mass is 342 g/mol. The van der Waals surface area contributed by atoms with Gasteiger partial charge in [0, 0.05) is 6.54 Å². The molecule has 0 aliphatic rings. The molecule has 0 aromatic heterocycles. The van der Waals surface area contributed by atoms with Gasteiger partial charge in [-0.05, 0) is 47.0 Å². The predicted octanol–water partition coefficient (Wildman–Crippen LogP) is 1.78. The maximum atomic E-state index is 11.5. The summed E-state index contributed by atoms with van der Waals surface area (Å²) in [6.45, 7) is 4.39. The summed E-state index contributed by atoms with van der Waals surface area (Å²) in [7, 11) is 0. The van der Waals surface area contributed by atoms with Crippen molar-refractivity contribution in [3.8, 4) is 5.75 Å². The first-order valence-electron chi connectivity index (χ1n) is 6.45. The normalized spacial score (nSPS) is 9.95. The summed E-state index contributed by atoms with van der Waals surface area (Å²) in [5.74, 6) is 0.0713. The van der Waals surface area contributed by atoms with Crippen molar-refractivity contribution >= 4 is 27.7 Å². The Morgan fingerprint density at radius 2 is 2.00 bits per heavy atom. The molecule has 0 atom stereocenters. The van der Waals surface area contributed by atoms with Crippen molar-refractivity contribution in [2.75, 3.05) is 19.7 Å². The third-order valence-electron chi connectivity index (χ3n) is 2.46. The van der Waals surface area contributed by atoms with Crippen LogP contribution in [-0.2, 0) is 9.59 Å². The Balaban J connectivity index is 2.31. The fraction of sp³-hybridized carbons (Fsp3) is 0.429. The lowest BCUT2D eigenvalue weighted by atomic mass is 10.2. The van der Waals surface area contributed by atoms with Gasteiger partial charge in [-0.3, -0.25) is 9.59 Å². The molecule has 0 unspecified atom stereocenters. The fourth-order valence-corrected chi connectivity index (χ4v) is 2.03. The molecule has 110 valence electrons. The molecule has 0 bridgehead atoms. The van der Waals surface area contributed by atoms with Crippen molar-refractivity contribution in [3.05, 3.63) is 28.2 Å². The predicted molar refractivity (Wildman–Crippen MR) is 80.7 cm³/mol. The molecule has 0 aliphatic heterocycles. The summed E-state index contributed by atoms with van der Waals surface area (Å²) in [6, 6.07) is 5.60. The van der Waals surface area contributed by atoms with E-state index >= 15 is 0 Å². The SMILES string of the molecule is CCCNC(=O)CNC(=O)COc1ccc(C)cc1Br. The van der Waals surface area contributed by atoms with E-state index in [1.165, 1.54) is 0 Å². The number of aryl methyl sites for hydroxylation is 1. The molecule has 1 aromatic rings. The quantitative estimate of drug-likeness (QED) is 0.793. The first kappa shape index (κ1) is 16.5. The standard InChI is InChI=1S/C14H19BrN2O3/c1-3-6-16-13(18)8-17-14(19)9-20-12-5-4-10(2)7-11(12)15/h4-5,7H,3,6,8-9H2,1-2H3,(H,16,18)(H,17,19). The Kier molecular flexibility index (Phi) is 7.08. The van der Waals surface area contributed by atoms with Gasteiger partial charge in [-0.2, -0.15) is 0 Å². The number of halogens is 1. The molecule has 0 saturated heterocycles. The van der Waals surface area contributed by atoms with Crippen molar-refractivity contribution in [3.63, 3.8) is 0 Å². The summed E-state index contributed by atoms with van der Waals surface area (Å²) in [5.41, 5.74) is 1.10. The lowest BCUT2D eigenvalue weighted by Crippen LogP contribution is -2.39.